The Morgan fingerprint density at radius 2 is 1.82 bits per heavy atom. The van der Waals surface area contributed by atoms with Gasteiger partial charge >= 0.3 is 5.97 Å². The summed E-state index contributed by atoms with van der Waals surface area (Å²) >= 11 is 6.12. The first-order chi connectivity index (χ1) is 10.6. The fourth-order valence-corrected chi connectivity index (χ4v) is 2.29. The summed E-state index contributed by atoms with van der Waals surface area (Å²) in [6, 6.07) is 14.1. The Morgan fingerprint density at radius 1 is 1.09 bits per heavy atom. The number of carbonyl (C=O) groups is 1. The quantitative estimate of drug-likeness (QED) is 0.770. The van der Waals surface area contributed by atoms with E-state index in [2.05, 4.69) is 15.3 Å². The molecule has 1 heterocycles. The monoisotopic (exact) mass is 313 g/mol. The molecule has 3 rings (SSSR count). The zero-order chi connectivity index (χ0) is 15.5. The highest BCUT2D eigenvalue weighted by atomic mass is 35.5. The van der Waals surface area contributed by atoms with Gasteiger partial charge in [0, 0.05) is 6.54 Å². The molecular formula is C16H12ClN3O2. The van der Waals surface area contributed by atoms with E-state index in [1.165, 1.54) is 0 Å². The van der Waals surface area contributed by atoms with Crippen LogP contribution in [-0.2, 0) is 6.54 Å². The molecule has 0 aliphatic rings. The van der Waals surface area contributed by atoms with Gasteiger partial charge in [-0.2, -0.15) is 0 Å². The Kier molecular flexibility index (Phi) is 3.89. The number of fused-ring (bicyclic) bond motifs is 1. The molecule has 0 aliphatic heterocycles. The van der Waals surface area contributed by atoms with Gasteiger partial charge in [0.1, 0.15) is 0 Å². The van der Waals surface area contributed by atoms with E-state index in [1.807, 2.05) is 30.3 Å². The molecule has 0 spiro atoms. The first-order valence-corrected chi connectivity index (χ1v) is 6.99. The molecule has 22 heavy (non-hydrogen) atoms. The number of para-hydroxylation sites is 2. The maximum absolute atomic E-state index is 11.0. The van der Waals surface area contributed by atoms with Gasteiger partial charge in [-0.15, -0.1) is 0 Å². The number of anilines is 1. The van der Waals surface area contributed by atoms with Gasteiger partial charge in [0.15, 0.2) is 11.0 Å². The lowest BCUT2D eigenvalue weighted by Gasteiger charge is -2.09. The molecule has 0 unspecified atom stereocenters. The largest absolute Gasteiger partial charge is 0.478 e. The predicted molar refractivity (Wildman–Crippen MR) is 85.3 cm³/mol. The van der Waals surface area contributed by atoms with Crippen LogP contribution in [-0.4, -0.2) is 21.0 Å². The van der Waals surface area contributed by atoms with Crippen molar-refractivity contribution in [2.45, 2.75) is 6.54 Å². The summed E-state index contributed by atoms with van der Waals surface area (Å²) in [6.07, 6.45) is 0. The van der Waals surface area contributed by atoms with E-state index in [4.69, 9.17) is 16.7 Å². The molecule has 0 saturated carbocycles. The number of benzene rings is 2. The average Bonchev–Trinajstić information content (AvgIpc) is 2.53. The second-order valence-corrected chi connectivity index (χ2v) is 5.07. The minimum atomic E-state index is -0.953. The van der Waals surface area contributed by atoms with Crippen LogP contribution in [0.5, 0.6) is 0 Å². The van der Waals surface area contributed by atoms with Crippen LogP contribution in [0.2, 0.25) is 5.15 Å². The van der Waals surface area contributed by atoms with Gasteiger partial charge in [0.2, 0.25) is 0 Å². The summed E-state index contributed by atoms with van der Waals surface area (Å²) in [6.45, 7) is 0.411. The lowest BCUT2D eigenvalue weighted by molar-refractivity contribution is 0.0697. The van der Waals surface area contributed by atoms with Gasteiger partial charge in [-0.3, -0.25) is 0 Å². The van der Waals surface area contributed by atoms with Crippen LogP contribution >= 0.6 is 11.6 Å². The number of aromatic carboxylic acids is 1. The molecule has 0 bridgehead atoms. The minimum absolute atomic E-state index is 0.245. The molecule has 1 aromatic heterocycles. The van der Waals surface area contributed by atoms with Crippen molar-refractivity contribution in [3.63, 3.8) is 0 Å². The van der Waals surface area contributed by atoms with Crippen LogP contribution in [0.25, 0.3) is 11.0 Å². The SMILES string of the molecule is O=C(O)c1cccc(CNc2nc3ccccc3nc2Cl)c1. The fraction of sp³-hybridized carbons (Fsp3) is 0.0625. The van der Waals surface area contributed by atoms with Crippen molar-refractivity contribution in [2.24, 2.45) is 0 Å². The predicted octanol–water partition coefficient (Wildman–Crippen LogP) is 3.59. The second kappa shape index (κ2) is 5.99. The molecule has 5 nitrogen and oxygen atoms in total. The third-order valence-electron chi connectivity index (χ3n) is 3.16. The molecule has 0 saturated heterocycles. The van der Waals surface area contributed by atoms with Crippen LogP contribution < -0.4 is 5.32 Å². The number of rotatable bonds is 4. The van der Waals surface area contributed by atoms with Crippen LogP contribution in [0.3, 0.4) is 0 Å². The van der Waals surface area contributed by atoms with Gasteiger partial charge in [-0.25, -0.2) is 14.8 Å². The lowest BCUT2D eigenvalue weighted by Crippen LogP contribution is -2.05. The third kappa shape index (κ3) is 2.99. The normalized spacial score (nSPS) is 10.6. The third-order valence-corrected chi connectivity index (χ3v) is 3.43. The van der Waals surface area contributed by atoms with Gasteiger partial charge < -0.3 is 10.4 Å². The maximum atomic E-state index is 11.0. The van der Waals surface area contributed by atoms with Crippen molar-refractivity contribution in [2.75, 3.05) is 5.32 Å². The zero-order valence-electron chi connectivity index (χ0n) is 11.5. The smallest absolute Gasteiger partial charge is 0.335 e. The summed E-state index contributed by atoms with van der Waals surface area (Å²) in [7, 11) is 0. The lowest BCUT2D eigenvalue weighted by atomic mass is 10.1. The molecule has 0 fully saturated rings. The number of halogens is 1. The molecule has 0 radical (unpaired) electrons. The molecule has 2 aromatic carbocycles. The van der Waals surface area contributed by atoms with E-state index < -0.39 is 5.97 Å². The number of aromatic nitrogens is 2. The first kappa shape index (κ1) is 14.3. The van der Waals surface area contributed by atoms with E-state index >= 15 is 0 Å². The molecule has 110 valence electrons. The molecule has 3 aromatic rings. The number of hydrogen-bond donors (Lipinski definition) is 2. The van der Waals surface area contributed by atoms with Gasteiger partial charge in [-0.05, 0) is 29.8 Å². The highest BCUT2D eigenvalue weighted by Gasteiger charge is 2.07. The highest BCUT2D eigenvalue weighted by molar-refractivity contribution is 6.32. The maximum Gasteiger partial charge on any atom is 0.335 e. The van der Waals surface area contributed by atoms with Crippen LogP contribution in [0.1, 0.15) is 15.9 Å². The van der Waals surface area contributed by atoms with Gasteiger partial charge in [-0.1, -0.05) is 35.9 Å². The molecule has 6 heteroatoms. The standard InChI is InChI=1S/C16H12ClN3O2/c17-14-15(20-13-7-2-1-6-12(13)19-14)18-9-10-4-3-5-11(8-10)16(21)22/h1-8H,9H2,(H,18,20)(H,21,22). The van der Waals surface area contributed by atoms with Gasteiger partial charge in [0.05, 0.1) is 16.6 Å². The second-order valence-electron chi connectivity index (χ2n) is 4.71. The Bertz CT molecular complexity index is 852. The average molecular weight is 314 g/mol. The number of carboxylic acids is 1. The van der Waals surface area contributed by atoms with E-state index in [9.17, 15) is 4.79 Å². The summed E-state index contributed by atoms with van der Waals surface area (Å²) in [4.78, 5) is 19.7. The van der Waals surface area contributed by atoms with E-state index in [0.717, 1.165) is 16.6 Å². The van der Waals surface area contributed by atoms with Crippen molar-refractivity contribution in [3.8, 4) is 0 Å². The molecule has 0 aliphatic carbocycles. The van der Waals surface area contributed by atoms with Crippen LogP contribution in [0, 0.1) is 0 Å². The molecular weight excluding hydrogens is 302 g/mol. The number of carboxylic acid groups (broad SMARTS) is 1. The molecule has 2 N–H and O–H groups in total. The zero-order valence-corrected chi connectivity index (χ0v) is 12.2. The Balaban J connectivity index is 1.83. The van der Waals surface area contributed by atoms with Crippen LogP contribution in [0.4, 0.5) is 5.82 Å². The highest BCUT2D eigenvalue weighted by Crippen LogP contribution is 2.21. The van der Waals surface area contributed by atoms with Crippen LogP contribution in [0.15, 0.2) is 48.5 Å². The Morgan fingerprint density at radius 3 is 2.55 bits per heavy atom. The Labute approximate surface area is 131 Å². The summed E-state index contributed by atoms with van der Waals surface area (Å²) in [5.41, 5.74) is 2.54. The topological polar surface area (TPSA) is 75.1 Å². The van der Waals surface area contributed by atoms with E-state index in [-0.39, 0.29) is 10.7 Å². The fourth-order valence-electron chi connectivity index (χ4n) is 2.09. The molecule has 0 amide bonds. The number of nitrogens with one attached hydrogen (secondary N) is 1. The van der Waals surface area contributed by atoms with E-state index in [0.29, 0.717) is 12.4 Å². The van der Waals surface area contributed by atoms with E-state index in [1.54, 1.807) is 18.2 Å². The molecule has 0 atom stereocenters. The summed E-state index contributed by atoms with van der Waals surface area (Å²) in [5.74, 6) is -0.480. The minimum Gasteiger partial charge on any atom is -0.478 e. The Hall–Kier alpha value is -2.66. The number of nitrogens with zero attached hydrogens (tertiary/aromatic N) is 2. The first-order valence-electron chi connectivity index (χ1n) is 6.62. The van der Waals surface area contributed by atoms with Crippen molar-refractivity contribution >= 4 is 34.4 Å². The summed E-state index contributed by atoms with van der Waals surface area (Å²) in [5, 5.41) is 12.4. The van der Waals surface area contributed by atoms with Gasteiger partial charge in [0.25, 0.3) is 0 Å². The van der Waals surface area contributed by atoms with Crippen molar-refractivity contribution in [1.82, 2.24) is 9.97 Å². The van der Waals surface area contributed by atoms with Crippen molar-refractivity contribution < 1.29 is 9.90 Å². The summed E-state index contributed by atoms with van der Waals surface area (Å²) < 4.78 is 0. The van der Waals surface area contributed by atoms with Crippen molar-refractivity contribution in [1.29, 1.82) is 0 Å². The number of hydrogen-bond acceptors (Lipinski definition) is 4. The van der Waals surface area contributed by atoms with Crippen molar-refractivity contribution in [3.05, 3.63) is 64.8 Å².